The first-order chi connectivity index (χ1) is 12.9. The highest BCUT2D eigenvalue weighted by Crippen LogP contribution is 2.27. The summed E-state index contributed by atoms with van der Waals surface area (Å²) < 4.78 is 28.0. The van der Waals surface area contributed by atoms with Crippen LogP contribution in [0.25, 0.3) is 0 Å². The van der Waals surface area contributed by atoms with Gasteiger partial charge in [-0.05, 0) is 37.1 Å². The van der Waals surface area contributed by atoms with Gasteiger partial charge in [-0.2, -0.15) is 0 Å². The Balaban J connectivity index is 1.37. The molecule has 8 nitrogen and oxygen atoms in total. The normalized spacial score (nSPS) is 28.6. The summed E-state index contributed by atoms with van der Waals surface area (Å²) >= 11 is 1.17. The maximum atomic E-state index is 12.5. The summed E-state index contributed by atoms with van der Waals surface area (Å²) in [5.74, 6) is -0.00778. The smallest absolute Gasteiger partial charge is 0.250 e. The van der Waals surface area contributed by atoms with E-state index in [0.717, 1.165) is 12.8 Å². The van der Waals surface area contributed by atoms with Crippen molar-refractivity contribution in [1.29, 1.82) is 0 Å². The van der Waals surface area contributed by atoms with E-state index in [-0.39, 0.29) is 34.1 Å². The van der Waals surface area contributed by atoms with Crippen molar-refractivity contribution < 1.29 is 18.0 Å². The zero-order valence-corrected chi connectivity index (χ0v) is 16.5. The fraction of sp³-hybridized carbons (Fsp3) is 0.647. The molecule has 1 aliphatic carbocycles. The third-order valence-electron chi connectivity index (χ3n) is 5.35. The molecule has 148 valence electrons. The Labute approximate surface area is 162 Å². The highest BCUT2D eigenvalue weighted by atomic mass is 32.2. The van der Waals surface area contributed by atoms with Crippen LogP contribution in [0.1, 0.15) is 32.1 Å². The minimum absolute atomic E-state index is 0.0499. The molecule has 0 unspecified atom stereocenters. The lowest BCUT2D eigenvalue weighted by atomic mass is 10.0. The van der Waals surface area contributed by atoms with Crippen LogP contribution in [0.2, 0.25) is 0 Å². The molecule has 10 heteroatoms. The minimum atomic E-state index is -3.56. The number of amides is 2. The fourth-order valence-corrected chi connectivity index (χ4v) is 6.10. The first-order valence-corrected chi connectivity index (χ1v) is 11.7. The molecule has 0 aromatic carbocycles. The van der Waals surface area contributed by atoms with Crippen LogP contribution in [-0.4, -0.2) is 62.4 Å². The lowest BCUT2D eigenvalue weighted by Gasteiger charge is -2.37. The highest BCUT2D eigenvalue weighted by molar-refractivity contribution is 7.91. The third-order valence-corrected chi connectivity index (χ3v) is 8.27. The number of carbonyl (C=O) groups excluding carboxylic acids is 2. The molecule has 2 saturated heterocycles. The standard InChI is InChI=1S/C17H24N4O4S2/c22-15(19-11-3-4-11)6-5-13-9-18-17(23)14-8-12(10-21(13)14)20-27(24,25)16-2-1-7-26-16/h1-2,7,11-14,20H,3-6,8-10H2,(H,18,23)(H,19,22)/t12-,13+,14-/m0/s1. The van der Waals surface area contributed by atoms with Gasteiger partial charge in [-0.25, -0.2) is 13.1 Å². The van der Waals surface area contributed by atoms with Crippen LogP contribution in [0.3, 0.4) is 0 Å². The van der Waals surface area contributed by atoms with Crippen LogP contribution in [0.4, 0.5) is 0 Å². The minimum Gasteiger partial charge on any atom is -0.353 e. The SMILES string of the molecule is O=C(CC[C@@H]1CNC(=O)[C@@H]2C[C@H](NS(=O)(=O)c3cccs3)CN12)NC1CC1. The van der Waals surface area contributed by atoms with Crippen molar-refractivity contribution in [3.8, 4) is 0 Å². The van der Waals surface area contributed by atoms with Gasteiger partial charge in [0.15, 0.2) is 0 Å². The molecule has 2 aliphatic heterocycles. The molecule has 0 spiro atoms. The number of nitrogens with zero attached hydrogens (tertiary/aromatic N) is 1. The predicted octanol–water partition coefficient (Wildman–Crippen LogP) is 0.0265. The molecule has 3 N–H and O–H groups in total. The Hall–Kier alpha value is -1.49. The Morgan fingerprint density at radius 3 is 2.85 bits per heavy atom. The topological polar surface area (TPSA) is 108 Å². The molecule has 0 bridgehead atoms. The third kappa shape index (κ3) is 4.34. The molecule has 27 heavy (non-hydrogen) atoms. The molecule has 1 saturated carbocycles. The van der Waals surface area contributed by atoms with E-state index in [9.17, 15) is 18.0 Å². The number of hydrogen-bond acceptors (Lipinski definition) is 6. The van der Waals surface area contributed by atoms with Gasteiger partial charge in [-0.15, -0.1) is 11.3 Å². The maximum Gasteiger partial charge on any atom is 0.250 e. The summed E-state index contributed by atoms with van der Waals surface area (Å²) in [5, 5.41) is 7.61. The van der Waals surface area contributed by atoms with E-state index in [2.05, 4.69) is 20.3 Å². The summed E-state index contributed by atoms with van der Waals surface area (Å²) in [7, 11) is -3.56. The van der Waals surface area contributed by atoms with Gasteiger partial charge in [0.25, 0.3) is 0 Å². The average molecular weight is 413 g/mol. The van der Waals surface area contributed by atoms with Crippen molar-refractivity contribution in [2.45, 2.75) is 60.5 Å². The van der Waals surface area contributed by atoms with Gasteiger partial charge in [-0.1, -0.05) is 6.07 Å². The number of piperazine rings is 1. The van der Waals surface area contributed by atoms with Crippen LogP contribution >= 0.6 is 11.3 Å². The van der Waals surface area contributed by atoms with E-state index in [0.29, 0.717) is 38.4 Å². The molecule has 1 aromatic heterocycles. The molecule has 3 heterocycles. The molecule has 3 aliphatic rings. The summed E-state index contributed by atoms with van der Waals surface area (Å²) in [4.78, 5) is 26.3. The lowest BCUT2D eigenvalue weighted by molar-refractivity contribution is -0.129. The number of rotatable bonds is 7. The van der Waals surface area contributed by atoms with Gasteiger partial charge in [0.2, 0.25) is 21.8 Å². The monoisotopic (exact) mass is 412 g/mol. The molecule has 1 aromatic rings. The largest absolute Gasteiger partial charge is 0.353 e. The van der Waals surface area contributed by atoms with Gasteiger partial charge in [0.1, 0.15) is 4.21 Å². The number of hydrogen-bond donors (Lipinski definition) is 3. The van der Waals surface area contributed by atoms with E-state index < -0.39 is 10.0 Å². The van der Waals surface area contributed by atoms with Gasteiger partial charge in [0.05, 0.1) is 6.04 Å². The summed E-state index contributed by atoms with van der Waals surface area (Å²) in [6, 6.07) is 3.02. The van der Waals surface area contributed by atoms with Gasteiger partial charge in [-0.3, -0.25) is 14.5 Å². The molecule has 2 amide bonds. The Morgan fingerprint density at radius 2 is 2.15 bits per heavy atom. The van der Waals surface area contributed by atoms with Crippen molar-refractivity contribution in [2.24, 2.45) is 0 Å². The number of fused-ring (bicyclic) bond motifs is 1. The summed E-state index contributed by atoms with van der Waals surface area (Å²) in [5.41, 5.74) is 0. The van der Waals surface area contributed by atoms with Gasteiger partial charge < -0.3 is 10.6 Å². The van der Waals surface area contributed by atoms with E-state index in [4.69, 9.17) is 0 Å². The van der Waals surface area contributed by atoms with Gasteiger partial charge >= 0.3 is 0 Å². The van der Waals surface area contributed by atoms with E-state index in [1.165, 1.54) is 11.3 Å². The number of sulfonamides is 1. The van der Waals surface area contributed by atoms with Crippen molar-refractivity contribution in [2.75, 3.05) is 13.1 Å². The zero-order valence-electron chi connectivity index (χ0n) is 14.9. The average Bonchev–Trinajstić information content (AvgIpc) is 3.11. The summed E-state index contributed by atoms with van der Waals surface area (Å²) in [6.45, 7) is 0.980. The Morgan fingerprint density at radius 1 is 1.33 bits per heavy atom. The molecular formula is C17H24N4O4S2. The first kappa shape index (κ1) is 18.9. The molecule has 3 atom stereocenters. The van der Waals surface area contributed by atoms with Crippen molar-refractivity contribution in [3.63, 3.8) is 0 Å². The quantitative estimate of drug-likeness (QED) is 0.586. The second kappa shape index (κ2) is 7.50. The van der Waals surface area contributed by atoms with Gasteiger partial charge in [0, 0.05) is 37.6 Å². The maximum absolute atomic E-state index is 12.5. The Kier molecular flexibility index (Phi) is 5.23. The molecule has 0 radical (unpaired) electrons. The predicted molar refractivity (Wildman–Crippen MR) is 101 cm³/mol. The Bertz CT molecular complexity index is 807. The molecule has 4 rings (SSSR count). The van der Waals surface area contributed by atoms with E-state index in [1.807, 2.05) is 0 Å². The van der Waals surface area contributed by atoms with E-state index >= 15 is 0 Å². The van der Waals surface area contributed by atoms with Crippen molar-refractivity contribution in [1.82, 2.24) is 20.3 Å². The number of nitrogens with one attached hydrogen (secondary N) is 3. The van der Waals surface area contributed by atoms with Crippen LogP contribution < -0.4 is 15.4 Å². The first-order valence-electron chi connectivity index (χ1n) is 9.31. The molecular weight excluding hydrogens is 388 g/mol. The van der Waals surface area contributed by atoms with Crippen molar-refractivity contribution >= 4 is 33.2 Å². The van der Waals surface area contributed by atoms with Crippen LogP contribution in [0.5, 0.6) is 0 Å². The van der Waals surface area contributed by atoms with Crippen LogP contribution in [0, 0.1) is 0 Å². The number of thiophene rings is 1. The second-order valence-electron chi connectivity index (χ2n) is 7.48. The zero-order chi connectivity index (χ0) is 19.0. The van der Waals surface area contributed by atoms with E-state index in [1.54, 1.807) is 17.5 Å². The van der Waals surface area contributed by atoms with Crippen molar-refractivity contribution in [3.05, 3.63) is 17.5 Å². The number of carbonyl (C=O) groups is 2. The fourth-order valence-electron chi connectivity index (χ4n) is 3.85. The van der Waals surface area contributed by atoms with Crippen LogP contribution in [-0.2, 0) is 19.6 Å². The highest BCUT2D eigenvalue weighted by Gasteiger charge is 2.44. The molecule has 3 fully saturated rings. The van der Waals surface area contributed by atoms with Crippen LogP contribution in [0.15, 0.2) is 21.7 Å². The second-order valence-corrected chi connectivity index (χ2v) is 10.4. The lowest BCUT2D eigenvalue weighted by Crippen LogP contribution is -2.58. The summed E-state index contributed by atoms with van der Waals surface area (Å²) in [6.07, 6.45) is 3.64.